The molecule has 2 heteroatoms. The average Bonchev–Trinajstić information content (AvgIpc) is 2.74. The highest BCUT2D eigenvalue weighted by molar-refractivity contribution is 5.66. The molecule has 2 nitrogen and oxygen atoms in total. The van der Waals surface area contributed by atoms with E-state index in [-0.39, 0.29) is 0 Å². The second-order valence-electron chi connectivity index (χ2n) is 5.25. The Bertz CT molecular complexity index is 224. The van der Waals surface area contributed by atoms with Gasteiger partial charge in [-0.2, -0.15) is 0 Å². The van der Waals surface area contributed by atoms with E-state index in [9.17, 15) is 4.79 Å². The van der Waals surface area contributed by atoms with Crippen molar-refractivity contribution >= 4 is 5.97 Å². The third-order valence-corrected chi connectivity index (χ3v) is 4.34. The van der Waals surface area contributed by atoms with Gasteiger partial charge in [0.15, 0.2) is 0 Å². The van der Waals surface area contributed by atoms with Crippen molar-refractivity contribution in [2.75, 3.05) is 0 Å². The molecule has 0 radical (unpaired) electrons. The van der Waals surface area contributed by atoms with E-state index in [1.165, 1.54) is 25.7 Å². The Morgan fingerprint density at radius 2 is 2.21 bits per heavy atom. The molecular weight excluding hydrogens is 176 g/mol. The largest absolute Gasteiger partial charge is 0.481 e. The van der Waals surface area contributed by atoms with E-state index in [0.717, 1.165) is 24.2 Å². The quantitative estimate of drug-likeness (QED) is 0.750. The first-order valence-corrected chi connectivity index (χ1v) is 5.88. The SMILES string of the molecule is CC(CCC(=O)O)C1CC2CCC1C2. The van der Waals surface area contributed by atoms with Gasteiger partial charge in [0, 0.05) is 6.42 Å². The van der Waals surface area contributed by atoms with Gasteiger partial charge in [-0.05, 0) is 49.4 Å². The zero-order chi connectivity index (χ0) is 10.1. The number of carboxylic acids is 1. The van der Waals surface area contributed by atoms with Crippen LogP contribution in [0.5, 0.6) is 0 Å². The summed E-state index contributed by atoms with van der Waals surface area (Å²) in [5.74, 6) is 2.75. The average molecular weight is 196 g/mol. The molecule has 2 aliphatic rings. The molecule has 0 amide bonds. The van der Waals surface area contributed by atoms with Gasteiger partial charge in [-0.25, -0.2) is 0 Å². The molecule has 14 heavy (non-hydrogen) atoms. The fourth-order valence-electron chi connectivity index (χ4n) is 3.56. The third kappa shape index (κ3) is 1.94. The summed E-state index contributed by atoms with van der Waals surface area (Å²) in [6.07, 6.45) is 6.89. The van der Waals surface area contributed by atoms with Gasteiger partial charge in [0.05, 0.1) is 0 Å². The van der Waals surface area contributed by atoms with Gasteiger partial charge < -0.3 is 5.11 Å². The molecule has 1 N–H and O–H groups in total. The molecule has 0 aromatic rings. The first-order valence-electron chi connectivity index (χ1n) is 5.88. The summed E-state index contributed by atoms with van der Waals surface area (Å²) >= 11 is 0. The van der Waals surface area contributed by atoms with Crippen molar-refractivity contribution in [1.82, 2.24) is 0 Å². The van der Waals surface area contributed by atoms with Crippen LogP contribution in [0.2, 0.25) is 0 Å². The van der Waals surface area contributed by atoms with Crippen LogP contribution in [-0.2, 0) is 4.79 Å². The molecule has 4 unspecified atom stereocenters. The van der Waals surface area contributed by atoms with Gasteiger partial charge in [-0.1, -0.05) is 13.3 Å². The number of carboxylic acid groups (broad SMARTS) is 1. The first-order chi connectivity index (χ1) is 6.66. The van der Waals surface area contributed by atoms with E-state index in [2.05, 4.69) is 6.92 Å². The molecule has 2 fully saturated rings. The molecule has 2 aliphatic carbocycles. The van der Waals surface area contributed by atoms with E-state index in [1.54, 1.807) is 0 Å². The number of rotatable bonds is 4. The molecule has 2 bridgehead atoms. The first kappa shape index (κ1) is 10.0. The number of hydrogen-bond donors (Lipinski definition) is 1. The van der Waals surface area contributed by atoms with E-state index < -0.39 is 5.97 Å². The van der Waals surface area contributed by atoms with Gasteiger partial charge in [0.1, 0.15) is 0 Å². The van der Waals surface area contributed by atoms with Crippen molar-refractivity contribution in [3.63, 3.8) is 0 Å². The number of fused-ring (bicyclic) bond motifs is 2. The van der Waals surface area contributed by atoms with Crippen molar-refractivity contribution in [2.45, 2.75) is 45.4 Å². The van der Waals surface area contributed by atoms with Crippen molar-refractivity contribution in [2.24, 2.45) is 23.7 Å². The molecule has 0 heterocycles. The second-order valence-corrected chi connectivity index (χ2v) is 5.25. The Kier molecular flexibility index (Phi) is 2.80. The van der Waals surface area contributed by atoms with E-state index in [0.29, 0.717) is 12.3 Å². The molecular formula is C12H20O2. The number of carbonyl (C=O) groups is 1. The standard InChI is InChI=1S/C12H20O2/c1-8(2-5-12(13)14)11-7-9-3-4-10(11)6-9/h8-11H,2-7H2,1H3,(H,13,14). The normalized spacial score (nSPS) is 37.4. The van der Waals surface area contributed by atoms with Crippen LogP contribution in [0, 0.1) is 23.7 Å². The lowest BCUT2D eigenvalue weighted by Gasteiger charge is -2.27. The highest BCUT2D eigenvalue weighted by Gasteiger charge is 2.41. The van der Waals surface area contributed by atoms with Crippen molar-refractivity contribution in [3.8, 4) is 0 Å². The predicted octanol–water partition coefficient (Wildman–Crippen LogP) is 2.92. The van der Waals surface area contributed by atoms with Crippen LogP contribution in [0.25, 0.3) is 0 Å². The maximum atomic E-state index is 10.5. The zero-order valence-corrected chi connectivity index (χ0v) is 8.91. The zero-order valence-electron chi connectivity index (χ0n) is 8.91. The molecule has 80 valence electrons. The Morgan fingerprint density at radius 1 is 1.43 bits per heavy atom. The molecule has 4 atom stereocenters. The number of aliphatic carboxylic acids is 1. The van der Waals surface area contributed by atoms with Gasteiger partial charge in [0.25, 0.3) is 0 Å². The Morgan fingerprint density at radius 3 is 2.71 bits per heavy atom. The highest BCUT2D eigenvalue weighted by Crippen LogP contribution is 2.51. The lowest BCUT2D eigenvalue weighted by Crippen LogP contribution is -2.19. The van der Waals surface area contributed by atoms with Crippen molar-refractivity contribution in [3.05, 3.63) is 0 Å². The Hall–Kier alpha value is -0.530. The monoisotopic (exact) mass is 196 g/mol. The van der Waals surface area contributed by atoms with E-state index in [1.807, 2.05) is 0 Å². The van der Waals surface area contributed by atoms with Crippen LogP contribution in [0.3, 0.4) is 0 Å². The van der Waals surface area contributed by atoms with Gasteiger partial charge in [-0.15, -0.1) is 0 Å². The highest BCUT2D eigenvalue weighted by atomic mass is 16.4. The second kappa shape index (κ2) is 3.92. The predicted molar refractivity (Wildman–Crippen MR) is 55.0 cm³/mol. The minimum Gasteiger partial charge on any atom is -0.481 e. The lowest BCUT2D eigenvalue weighted by atomic mass is 9.78. The summed E-state index contributed by atoms with van der Waals surface area (Å²) in [6.45, 7) is 2.24. The van der Waals surface area contributed by atoms with Gasteiger partial charge in [-0.3, -0.25) is 4.79 Å². The summed E-state index contributed by atoms with van der Waals surface area (Å²) in [5, 5.41) is 8.64. The molecule has 0 aliphatic heterocycles. The molecule has 2 rings (SSSR count). The van der Waals surface area contributed by atoms with Crippen LogP contribution in [0.4, 0.5) is 0 Å². The maximum absolute atomic E-state index is 10.5. The van der Waals surface area contributed by atoms with E-state index in [4.69, 9.17) is 5.11 Å². The Balaban J connectivity index is 1.80. The van der Waals surface area contributed by atoms with Crippen molar-refractivity contribution < 1.29 is 9.90 Å². The summed E-state index contributed by atoms with van der Waals surface area (Å²) in [4.78, 5) is 10.5. The summed E-state index contributed by atoms with van der Waals surface area (Å²) in [7, 11) is 0. The van der Waals surface area contributed by atoms with Crippen LogP contribution in [0.1, 0.15) is 45.4 Å². The van der Waals surface area contributed by atoms with Crippen LogP contribution < -0.4 is 0 Å². The fourth-order valence-corrected chi connectivity index (χ4v) is 3.56. The number of hydrogen-bond acceptors (Lipinski definition) is 1. The van der Waals surface area contributed by atoms with E-state index >= 15 is 0 Å². The fraction of sp³-hybridized carbons (Fsp3) is 0.917. The molecule has 2 saturated carbocycles. The smallest absolute Gasteiger partial charge is 0.303 e. The molecule has 0 spiro atoms. The van der Waals surface area contributed by atoms with Gasteiger partial charge in [0.2, 0.25) is 0 Å². The van der Waals surface area contributed by atoms with Crippen LogP contribution in [0.15, 0.2) is 0 Å². The maximum Gasteiger partial charge on any atom is 0.303 e. The minimum atomic E-state index is -0.639. The van der Waals surface area contributed by atoms with Crippen LogP contribution in [-0.4, -0.2) is 11.1 Å². The minimum absolute atomic E-state index is 0.356. The van der Waals surface area contributed by atoms with Gasteiger partial charge >= 0.3 is 5.97 Å². The molecule has 0 saturated heterocycles. The topological polar surface area (TPSA) is 37.3 Å². The lowest BCUT2D eigenvalue weighted by molar-refractivity contribution is -0.137. The summed E-state index contributed by atoms with van der Waals surface area (Å²) < 4.78 is 0. The third-order valence-electron chi connectivity index (χ3n) is 4.34. The Labute approximate surface area is 85.7 Å². The molecule has 0 aromatic carbocycles. The van der Waals surface area contributed by atoms with Crippen molar-refractivity contribution in [1.29, 1.82) is 0 Å². The molecule has 0 aromatic heterocycles. The summed E-state index contributed by atoms with van der Waals surface area (Å²) in [5.41, 5.74) is 0. The summed E-state index contributed by atoms with van der Waals surface area (Å²) in [6, 6.07) is 0. The van der Waals surface area contributed by atoms with Crippen LogP contribution >= 0.6 is 0 Å².